The Bertz CT molecular complexity index is 924. The number of hydrogen-bond donors (Lipinski definition) is 4. The average Bonchev–Trinajstić information content (AvgIpc) is 2.69. The van der Waals surface area contributed by atoms with Gasteiger partial charge < -0.3 is 20.6 Å². The summed E-state index contributed by atoms with van der Waals surface area (Å²) in [5.74, 6) is -0.842. The van der Waals surface area contributed by atoms with Gasteiger partial charge in [-0.2, -0.15) is 0 Å². The van der Waals surface area contributed by atoms with Gasteiger partial charge in [0.15, 0.2) is 0 Å². The lowest BCUT2D eigenvalue weighted by molar-refractivity contribution is 0.0697. The number of anilines is 1. The van der Waals surface area contributed by atoms with Crippen molar-refractivity contribution < 1.29 is 20.1 Å². The second-order valence-corrected chi connectivity index (χ2v) is 6.91. The molecule has 0 aliphatic heterocycles. The van der Waals surface area contributed by atoms with Gasteiger partial charge >= 0.3 is 5.97 Å². The topological polar surface area (TPSA) is 89.8 Å². The molecule has 6 heteroatoms. The van der Waals surface area contributed by atoms with Gasteiger partial charge in [0, 0.05) is 17.1 Å². The quantitative estimate of drug-likeness (QED) is 0.449. The van der Waals surface area contributed by atoms with E-state index >= 15 is 0 Å². The van der Waals surface area contributed by atoms with Crippen molar-refractivity contribution in [3.63, 3.8) is 0 Å². The molecule has 0 fully saturated rings. The van der Waals surface area contributed by atoms with Crippen LogP contribution in [0.25, 0.3) is 0 Å². The molecule has 0 aliphatic carbocycles. The van der Waals surface area contributed by atoms with Gasteiger partial charge in [-0.1, -0.05) is 35.9 Å². The molecule has 0 saturated carbocycles. The van der Waals surface area contributed by atoms with Crippen LogP contribution in [0.2, 0.25) is 5.02 Å². The van der Waals surface area contributed by atoms with E-state index in [0.29, 0.717) is 17.0 Å². The summed E-state index contributed by atoms with van der Waals surface area (Å²) in [4.78, 5) is 11.0. The molecular formula is C22H20ClNO4. The van der Waals surface area contributed by atoms with Gasteiger partial charge in [-0.3, -0.25) is 0 Å². The zero-order valence-electron chi connectivity index (χ0n) is 14.9. The van der Waals surface area contributed by atoms with Crippen LogP contribution < -0.4 is 5.32 Å². The number of carboxylic acids is 1. The highest BCUT2D eigenvalue weighted by Crippen LogP contribution is 2.31. The highest BCUT2D eigenvalue weighted by molar-refractivity contribution is 6.30. The summed E-state index contributed by atoms with van der Waals surface area (Å²) in [7, 11) is 0. The predicted octanol–water partition coefficient (Wildman–Crippen LogP) is 5.02. The van der Waals surface area contributed by atoms with E-state index in [1.54, 1.807) is 36.4 Å². The molecule has 4 N–H and O–H groups in total. The van der Waals surface area contributed by atoms with Crippen molar-refractivity contribution >= 4 is 23.3 Å². The Morgan fingerprint density at radius 2 is 1.46 bits per heavy atom. The van der Waals surface area contributed by atoms with Crippen molar-refractivity contribution in [3.8, 4) is 5.75 Å². The zero-order valence-corrected chi connectivity index (χ0v) is 15.7. The first kappa shape index (κ1) is 19.7. The van der Waals surface area contributed by atoms with Gasteiger partial charge in [0.1, 0.15) is 5.75 Å². The number of carboxylic acid groups (broad SMARTS) is 1. The van der Waals surface area contributed by atoms with Crippen LogP contribution >= 0.6 is 11.6 Å². The van der Waals surface area contributed by atoms with E-state index in [2.05, 4.69) is 5.32 Å². The number of hydrogen-bond acceptors (Lipinski definition) is 4. The molecule has 0 bridgehead atoms. The third kappa shape index (κ3) is 5.03. The second kappa shape index (κ2) is 8.78. The standard InChI is InChI=1S/C22H20ClNO4/c23-17-7-1-14(2-8-17)20(13-21(26)15-5-11-19(25)12-6-15)24-18-9-3-16(4-10-18)22(27)28/h1-12,20-21,24-26H,13H2,(H,27,28). The van der Waals surface area contributed by atoms with Gasteiger partial charge in [0.05, 0.1) is 17.7 Å². The molecule has 0 heterocycles. The number of aromatic carboxylic acids is 1. The molecule has 3 aromatic carbocycles. The van der Waals surface area contributed by atoms with Crippen molar-refractivity contribution in [2.45, 2.75) is 18.6 Å². The molecule has 0 aliphatic rings. The third-order valence-electron chi connectivity index (χ3n) is 4.48. The van der Waals surface area contributed by atoms with Crippen LogP contribution in [0.3, 0.4) is 0 Å². The summed E-state index contributed by atoms with van der Waals surface area (Å²) in [6.07, 6.45) is -0.389. The van der Waals surface area contributed by atoms with E-state index in [9.17, 15) is 15.0 Å². The van der Waals surface area contributed by atoms with E-state index in [1.165, 1.54) is 24.3 Å². The molecule has 0 saturated heterocycles. The predicted molar refractivity (Wildman–Crippen MR) is 109 cm³/mol. The summed E-state index contributed by atoms with van der Waals surface area (Å²) in [6, 6.07) is 20.0. The molecule has 5 nitrogen and oxygen atoms in total. The van der Waals surface area contributed by atoms with Crippen LogP contribution in [-0.2, 0) is 0 Å². The first-order valence-corrected chi connectivity index (χ1v) is 9.12. The molecule has 0 aromatic heterocycles. The fourth-order valence-electron chi connectivity index (χ4n) is 2.94. The summed E-state index contributed by atoms with van der Waals surface area (Å²) in [5, 5.41) is 33.1. The Morgan fingerprint density at radius 1 is 0.893 bits per heavy atom. The van der Waals surface area contributed by atoms with Gasteiger partial charge in [0.25, 0.3) is 0 Å². The number of rotatable bonds is 7. The number of aliphatic hydroxyl groups excluding tert-OH is 1. The fourth-order valence-corrected chi connectivity index (χ4v) is 3.07. The first-order chi connectivity index (χ1) is 13.4. The number of carbonyl (C=O) groups is 1. The van der Waals surface area contributed by atoms with Crippen molar-refractivity contribution in [2.75, 3.05) is 5.32 Å². The summed E-state index contributed by atoms with van der Waals surface area (Å²) in [6.45, 7) is 0. The molecule has 2 unspecified atom stereocenters. The summed E-state index contributed by atoms with van der Waals surface area (Å²) in [5.41, 5.74) is 2.57. The maximum absolute atomic E-state index is 11.0. The molecule has 2 atom stereocenters. The highest BCUT2D eigenvalue weighted by Gasteiger charge is 2.18. The molecular weight excluding hydrogens is 378 g/mol. The lowest BCUT2D eigenvalue weighted by Crippen LogP contribution is -2.15. The van der Waals surface area contributed by atoms with Gasteiger partial charge in [-0.25, -0.2) is 4.79 Å². The van der Waals surface area contributed by atoms with E-state index in [4.69, 9.17) is 16.7 Å². The Balaban J connectivity index is 1.83. The number of aromatic hydroxyl groups is 1. The fraction of sp³-hybridized carbons (Fsp3) is 0.136. The number of nitrogens with one attached hydrogen (secondary N) is 1. The van der Waals surface area contributed by atoms with Crippen LogP contribution in [0.4, 0.5) is 5.69 Å². The summed E-state index contributed by atoms with van der Waals surface area (Å²) < 4.78 is 0. The van der Waals surface area contributed by atoms with E-state index in [1.807, 2.05) is 12.1 Å². The maximum Gasteiger partial charge on any atom is 0.335 e. The zero-order chi connectivity index (χ0) is 20.1. The lowest BCUT2D eigenvalue weighted by Gasteiger charge is -2.24. The Morgan fingerprint density at radius 3 is 2.04 bits per heavy atom. The van der Waals surface area contributed by atoms with Crippen molar-refractivity contribution in [2.24, 2.45) is 0 Å². The molecule has 3 rings (SSSR count). The molecule has 0 amide bonds. The van der Waals surface area contributed by atoms with Crippen molar-refractivity contribution in [1.29, 1.82) is 0 Å². The van der Waals surface area contributed by atoms with E-state index < -0.39 is 12.1 Å². The summed E-state index contributed by atoms with van der Waals surface area (Å²) >= 11 is 5.99. The molecule has 3 aromatic rings. The number of phenols is 1. The van der Waals surface area contributed by atoms with Gasteiger partial charge in [0.2, 0.25) is 0 Å². The van der Waals surface area contributed by atoms with Crippen molar-refractivity contribution in [3.05, 3.63) is 94.5 Å². The normalized spacial score (nSPS) is 12.9. The highest BCUT2D eigenvalue weighted by atomic mass is 35.5. The Kier molecular flexibility index (Phi) is 6.19. The number of halogens is 1. The average molecular weight is 398 g/mol. The van der Waals surface area contributed by atoms with Gasteiger partial charge in [-0.05, 0) is 59.7 Å². The SMILES string of the molecule is O=C(O)c1ccc(NC(CC(O)c2ccc(O)cc2)c2ccc(Cl)cc2)cc1. The maximum atomic E-state index is 11.0. The molecule has 28 heavy (non-hydrogen) atoms. The van der Waals surface area contributed by atoms with Crippen LogP contribution in [-0.4, -0.2) is 21.3 Å². The minimum absolute atomic E-state index is 0.141. The third-order valence-corrected chi connectivity index (χ3v) is 4.73. The van der Waals surface area contributed by atoms with Crippen LogP contribution in [0, 0.1) is 0 Å². The van der Waals surface area contributed by atoms with E-state index in [-0.39, 0.29) is 17.4 Å². The van der Waals surface area contributed by atoms with Crippen LogP contribution in [0.15, 0.2) is 72.8 Å². The largest absolute Gasteiger partial charge is 0.508 e. The Labute approximate surface area is 167 Å². The monoisotopic (exact) mass is 397 g/mol. The smallest absolute Gasteiger partial charge is 0.335 e. The molecule has 0 spiro atoms. The minimum Gasteiger partial charge on any atom is -0.508 e. The number of benzene rings is 3. The molecule has 144 valence electrons. The molecule has 0 radical (unpaired) electrons. The van der Waals surface area contributed by atoms with E-state index in [0.717, 1.165) is 11.3 Å². The number of phenolic OH excluding ortho intramolecular Hbond substituents is 1. The Hall–Kier alpha value is -3.02. The minimum atomic E-state index is -0.983. The first-order valence-electron chi connectivity index (χ1n) is 8.75. The number of aliphatic hydroxyl groups is 1. The second-order valence-electron chi connectivity index (χ2n) is 6.47. The van der Waals surface area contributed by atoms with Crippen LogP contribution in [0.5, 0.6) is 5.75 Å². The van der Waals surface area contributed by atoms with Gasteiger partial charge in [-0.15, -0.1) is 0 Å². The lowest BCUT2D eigenvalue weighted by atomic mass is 9.96. The van der Waals surface area contributed by atoms with Crippen LogP contribution in [0.1, 0.15) is 40.1 Å². The van der Waals surface area contributed by atoms with Crippen molar-refractivity contribution in [1.82, 2.24) is 0 Å².